The Hall–Kier alpha value is -1.82. The van der Waals surface area contributed by atoms with Crippen molar-refractivity contribution in [2.75, 3.05) is 13.2 Å². The van der Waals surface area contributed by atoms with Crippen LogP contribution in [0.2, 0.25) is 0 Å². The molecule has 1 aromatic carbocycles. The van der Waals surface area contributed by atoms with Gasteiger partial charge in [-0.2, -0.15) is 5.10 Å². The molecule has 1 aliphatic heterocycles. The summed E-state index contributed by atoms with van der Waals surface area (Å²) in [7, 11) is 0. The summed E-state index contributed by atoms with van der Waals surface area (Å²) in [5.41, 5.74) is 1.22. The van der Waals surface area contributed by atoms with Crippen molar-refractivity contribution in [3.8, 4) is 17.2 Å². The summed E-state index contributed by atoms with van der Waals surface area (Å²) >= 11 is 5.64. The van der Waals surface area contributed by atoms with Gasteiger partial charge in [-0.3, -0.25) is 9.67 Å². The smallest absolute Gasteiger partial charge is 0.199 e. The Kier molecular flexibility index (Phi) is 3.14. The fraction of sp³-hybridized carbons (Fsp3) is 0.600. The molecule has 0 atom stereocenters. The Balaban J connectivity index is 1.47. The molecule has 6 heteroatoms. The Morgan fingerprint density at radius 2 is 1.65 bits per heavy atom. The van der Waals surface area contributed by atoms with Crippen molar-refractivity contribution in [2.45, 2.75) is 43.9 Å². The maximum Gasteiger partial charge on any atom is 0.199 e. The molecule has 1 N–H and O–H groups in total. The number of rotatable bonds is 2. The molecule has 0 unspecified atom stereocenters. The SMILES string of the molecule is S=c1[nH]nc(C23CC4CC(CC(C4)C2)C3)n1-c1ccc2c(c1)OCCO2. The van der Waals surface area contributed by atoms with E-state index in [2.05, 4.69) is 15.7 Å². The van der Waals surface area contributed by atoms with Crippen LogP contribution >= 0.6 is 12.2 Å². The van der Waals surface area contributed by atoms with E-state index >= 15 is 0 Å². The number of nitrogens with one attached hydrogen (secondary N) is 1. The lowest BCUT2D eigenvalue weighted by Crippen LogP contribution is -2.49. The fourth-order valence-electron chi connectivity index (χ4n) is 6.45. The minimum Gasteiger partial charge on any atom is -0.486 e. The van der Waals surface area contributed by atoms with Crippen LogP contribution in [-0.4, -0.2) is 28.0 Å². The molecule has 136 valence electrons. The van der Waals surface area contributed by atoms with Crippen molar-refractivity contribution in [3.63, 3.8) is 0 Å². The summed E-state index contributed by atoms with van der Waals surface area (Å²) in [6.45, 7) is 1.20. The molecule has 0 amide bonds. The number of hydrogen-bond donors (Lipinski definition) is 1. The van der Waals surface area contributed by atoms with E-state index in [4.69, 9.17) is 26.8 Å². The molecular formula is C20H23N3O2S. The second kappa shape index (κ2) is 5.35. The van der Waals surface area contributed by atoms with Gasteiger partial charge >= 0.3 is 0 Å². The highest BCUT2D eigenvalue weighted by molar-refractivity contribution is 7.71. The fourth-order valence-corrected chi connectivity index (χ4v) is 6.69. The minimum absolute atomic E-state index is 0.190. The zero-order valence-electron chi connectivity index (χ0n) is 14.7. The monoisotopic (exact) mass is 369 g/mol. The van der Waals surface area contributed by atoms with Crippen LogP contribution in [0.15, 0.2) is 18.2 Å². The van der Waals surface area contributed by atoms with Crippen LogP contribution in [0, 0.1) is 22.5 Å². The van der Waals surface area contributed by atoms with Crippen LogP contribution < -0.4 is 9.47 Å². The molecule has 5 aliphatic rings. The largest absolute Gasteiger partial charge is 0.486 e. The average molecular weight is 369 g/mol. The van der Waals surface area contributed by atoms with Crippen LogP contribution in [0.5, 0.6) is 11.5 Å². The van der Waals surface area contributed by atoms with Gasteiger partial charge in [0.05, 0.1) is 5.69 Å². The van der Waals surface area contributed by atoms with E-state index in [0.29, 0.717) is 18.0 Å². The molecule has 0 spiro atoms. The van der Waals surface area contributed by atoms with Crippen molar-refractivity contribution in [3.05, 3.63) is 28.8 Å². The third kappa shape index (κ3) is 2.14. The van der Waals surface area contributed by atoms with Crippen LogP contribution in [0.25, 0.3) is 5.69 Å². The van der Waals surface area contributed by atoms with Gasteiger partial charge < -0.3 is 9.47 Å². The maximum atomic E-state index is 5.79. The highest BCUT2D eigenvalue weighted by atomic mass is 32.1. The number of benzene rings is 1. The third-order valence-corrected chi connectivity index (χ3v) is 7.24. The quantitative estimate of drug-likeness (QED) is 0.807. The molecule has 2 aromatic rings. The maximum absolute atomic E-state index is 5.79. The van der Waals surface area contributed by atoms with Crippen molar-refractivity contribution in [2.24, 2.45) is 17.8 Å². The summed E-state index contributed by atoms with van der Waals surface area (Å²) < 4.78 is 14.3. The Morgan fingerprint density at radius 3 is 2.35 bits per heavy atom. The first-order valence-electron chi connectivity index (χ1n) is 9.78. The lowest BCUT2D eigenvalue weighted by Gasteiger charge is -2.56. The van der Waals surface area contributed by atoms with Crippen LogP contribution in [-0.2, 0) is 5.41 Å². The molecule has 2 heterocycles. The van der Waals surface area contributed by atoms with Crippen molar-refractivity contribution in [1.82, 2.24) is 14.8 Å². The molecule has 1 aromatic heterocycles. The van der Waals surface area contributed by atoms with E-state index in [-0.39, 0.29) is 5.41 Å². The van der Waals surface area contributed by atoms with E-state index in [1.165, 1.54) is 38.5 Å². The molecule has 5 nitrogen and oxygen atoms in total. The molecule has 4 bridgehead atoms. The molecule has 4 fully saturated rings. The van der Waals surface area contributed by atoms with Gasteiger partial charge in [-0.05, 0) is 80.6 Å². The third-order valence-electron chi connectivity index (χ3n) is 6.97. The zero-order chi connectivity index (χ0) is 17.3. The molecule has 26 heavy (non-hydrogen) atoms. The first kappa shape index (κ1) is 15.3. The van der Waals surface area contributed by atoms with Crippen molar-refractivity contribution >= 4 is 12.2 Å². The lowest BCUT2D eigenvalue weighted by molar-refractivity contribution is -0.0102. The van der Waals surface area contributed by atoms with Crippen LogP contribution in [0.4, 0.5) is 0 Å². The number of H-pyrrole nitrogens is 1. The van der Waals surface area contributed by atoms with E-state index in [1.54, 1.807) is 0 Å². The highest BCUT2D eigenvalue weighted by Gasteiger charge is 2.53. The topological polar surface area (TPSA) is 52.1 Å². The predicted molar refractivity (Wildman–Crippen MR) is 99.6 cm³/mol. The van der Waals surface area contributed by atoms with Gasteiger partial charge in [-0.25, -0.2) is 0 Å². The predicted octanol–water partition coefficient (Wildman–Crippen LogP) is 4.17. The van der Waals surface area contributed by atoms with Gasteiger partial charge in [0.25, 0.3) is 0 Å². The minimum atomic E-state index is 0.190. The van der Waals surface area contributed by atoms with E-state index in [1.807, 2.05) is 12.1 Å². The summed E-state index contributed by atoms with van der Waals surface area (Å²) in [5, 5.41) is 7.85. The van der Waals surface area contributed by atoms with E-state index in [9.17, 15) is 0 Å². The van der Waals surface area contributed by atoms with Crippen LogP contribution in [0.3, 0.4) is 0 Å². The summed E-state index contributed by atoms with van der Waals surface area (Å²) in [6, 6.07) is 6.11. The van der Waals surface area contributed by atoms with Gasteiger partial charge in [-0.1, -0.05) is 0 Å². The van der Waals surface area contributed by atoms with Crippen molar-refractivity contribution in [1.29, 1.82) is 0 Å². The van der Waals surface area contributed by atoms with E-state index in [0.717, 1.165) is 40.8 Å². The summed E-state index contributed by atoms with van der Waals surface area (Å²) in [5.74, 6) is 5.37. The van der Waals surface area contributed by atoms with E-state index < -0.39 is 0 Å². The zero-order valence-corrected chi connectivity index (χ0v) is 15.6. The number of hydrogen-bond acceptors (Lipinski definition) is 4. The van der Waals surface area contributed by atoms with Gasteiger partial charge in [0.2, 0.25) is 0 Å². The first-order chi connectivity index (χ1) is 12.7. The van der Waals surface area contributed by atoms with Gasteiger partial charge in [0, 0.05) is 11.5 Å². The number of ether oxygens (including phenoxy) is 2. The highest BCUT2D eigenvalue weighted by Crippen LogP contribution is 2.60. The van der Waals surface area contributed by atoms with Gasteiger partial charge in [-0.15, -0.1) is 0 Å². The summed E-state index contributed by atoms with van der Waals surface area (Å²) in [6.07, 6.45) is 8.08. The number of aromatic nitrogens is 3. The first-order valence-corrected chi connectivity index (χ1v) is 10.2. The lowest BCUT2D eigenvalue weighted by atomic mass is 9.49. The Bertz CT molecular complexity index is 896. The second-order valence-electron chi connectivity index (χ2n) is 8.71. The standard InChI is InChI=1S/C20H23N3O2S/c26-19-22-21-18(20-9-12-5-13(10-20)7-14(6-12)11-20)23(19)15-1-2-16-17(8-15)25-4-3-24-16/h1-2,8,12-14H,3-7,9-11H2,(H,22,26). The summed E-state index contributed by atoms with van der Waals surface area (Å²) in [4.78, 5) is 0. The Morgan fingerprint density at radius 1 is 1.00 bits per heavy atom. The molecule has 4 aliphatic carbocycles. The normalized spacial score (nSPS) is 34.2. The average Bonchev–Trinajstić information content (AvgIpc) is 3.02. The number of fused-ring (bicyclic) bond motifs is 1. The van der Waals surface area contributed by atoms with Gasteiger partial charge in [0.15, 0.2) is 16.3 Å². The molecule has 4 saturated carbocycles. The molecule has 0 radical (unpaired) electrons. The van der Waals surface area contributed by atoms with Crippen LogP contribution in [0.1, 0.15) is 44.3 Å². The number of aromatic amines is 1. The molecule has 7 rings (SSSR count). The second-order valence-corrected chi connectivity index (χ2v) is 9.10. The van der Waals surface area contributed by atoms with Crippen molar-refractivity contribution < 1.29 is 9.47 Å². The molecular weight excluding hydrogens is 346 g/mol. The van der Waals surface area contributed by atoms with Gasteiger partial charge in [0.1, 0.15) is 19.0 Å². The number of nitrogens with zero attached hydrogens (tertiary/aromatic N) is 2. The molecule has 0 saturated heterocycles. The Labute approximate surface area is 157 Å².